The van der Waals surface area contributed by atoms with Gasteiger partial charge in [0.15, 0.2) is 0 Å². The SMILES string of the molecule is COc1ccc2c(c1)[C@@]1(CCN(C(=O)Nc3cccc(F)c3)C1)C(=O)N2. The van der Waals surface area contributed by atoms with Crippen LogP contribution in [0.4, 0.5) is 20.6 Å². The first kappa shape index (κ1) is 16.4. The van der Waals surface area contributed by atoms with Gasteiger partial charge >= 0.3 is 6.03 Å². The molecule has 2 N–H and O–H groups in total. The summed E-state index contributed by atoms with van der Waals surface area (Å²) in [5.74, 6) is 0.140. The number of hydrogen-bond donors (Lipinski definition) is 2. The molecule has 2 aromatic carbocycles. The molecule has 1 fully saturated rings. The van der Waals surface area contributed by atoms with E-state index in [1.807, 2.05) is 12.1 Å². The summed E-state index contributed by atoms with van der Waals surface area (Å²) in [6, 6.07) is 10.8. The fourth-order valence-corrected chi connectivity index (χ4v) is 3.68. The number of anilines is 2. The minimum Gasteiger partial charge on any atom is -0.497 e. The fourth-order valence-electron chi connectivity index (χ4n) is 3.68. The third kappa shape index (κ3) is 2.56. The molecule has 0 unspecified atom stereocenters. The third-order valence-electron chi connectivity index (χ3n) is 5.06. The summed E-state index contributed by atoms with van der Waals surface area (Å²) in [4.78, 5) is 26.8. The van der Waals surface area contributed by atoms with Crippen LogP contribution in [0.2, 0.25) is 0 Å². The summed E-state index contributed by atoms with van der Waals surface area (Å²) in [5, 5.41) is 5.58. The van der Waals surface area contributed by atoms with Gasteiger partial charge in [-0.05, 0) is 48.4 Å². The van der Waals surface area contributed by atoms with E-state index in [-0.39, 0.29) is 18.5 Å². The van der Waals surface area contributed by atoms with Gasteiger partial charge < -0.3 is 20.3 Å². The van der Waals surface area contributed by atoms with Crippen molar-refractivity contribution in [3.05, 3.63) is 53.8 Å². The first-order valence-electron chi connectivity index (χ1n) is 8.33. The van der Waals surface area contributed by atoms with E-state index in [1.54, 1.807) is 24.1 Å². The molecule has 1 spiro atoms. The molecule has 0 saturated carbocycles. The fraction of sp³-hybridized carbons (Fsp3) is 0.263. The smallest absolute Gasteiger partial charge is 0.321 e. The number of carbonyl (C=O) groups is 2. The molecule has 134 valence electrons. The summed E-state index contributed by atoms with van der Waals surface area (Å²) >= 11 is 0. The molecule has 7 heteroatoms. The number of benzene rings is 2. The number of rotatable bonds is 2. The number of urea groups is 1. The van der Waals surface area contributed by atoms with Gasteiger partial charge in [-0.25, -0.2) is 9.18 Å². The average molecular weight is 355 g/mol. The third-order valence-corrected chi connectivity index (χ3v) is 5.06. The zero-order valence-electron chi connectivity index (χ0n) is 14.2. The van der Waals surface area contributed by atoms with Gasteiger partial charge in [-0.1, -0.05) is 6.07 Å². The Bertz CT molecular complexity index is 901. The van der Waals surface area contributed by atoms with Gasteiger partial charge in [0.05, 0.1) is 12.5 Å². The van der Waals surface area contributed by atoms with Crippen molar-refractivity contribution in [2.24, 2.45) is 0 Å². The number of nitrogens with one attached hydrogen (secondary N) is 2. The predicted molar refractivity (Wildman–Crippen MR) is 94.9 cm³/mol. The lowest BCUT2D eigenvalue weighted by Crippen LogP contribution is -2.40. The monoisotopic (exact) mass is 355 g/mol. The Morgan fingerprint density at radius 3 is 2.92 bits per heavy atom. The van der Waals surface area contributed by atoms with Crippen LogP contribution in [-0.4, -0.2) is 37.0 Å². The van der Waals surface area contributed by atoms with E-state index in [1.165, 1.54) is 18.2 Å². The van der Waals surface area contributed by atoms with Crippen molar-refractivity contribution < 1.29 is 18.7 Å². The Morgan fingerprint density at radius 2 is 2.15 bits per heavy atom. The number of hydrogen-bond acceptors (Lipinski definition) is 3. The summed E-state index contributed by atoms with van der Waals surface area (Å²) in [6.45, 7) is 0.700. The summed E-state index contributed by atoms with van der Waals surface area (Å²) < 4.78 is 18.6. The number of methoxy groups -OCH3 is 1. The Kier molecular flexibility index (Phi) is 3.79. The van der Waals surface area contributed by atoms with E-state index in [9.17, 15) is 14.0 Å². The Balaban J connectivity index is 1.57. The number of ether oxygens (including phenoxy) is 1. The van der Waals surface area contributed by atoms with Crippen molar-refractivity contribution in [1.29, 1.82) is 0 Å². The highest BCUT2D eigenvalue weighted by molar-refractivity contribution is 6.07. The maximum Gasteiger partial charge on any atom is 0.321 e. The molecule has 0 radical (unpaired) electrons. The van der Waals surface area contributed by atoms with Crippen LogP contribution in [0.15, 0.2) is 42.5 Å². The molecule has 2 aliphatic heterocycles. The average Bonchev–Trinajstić information content (AvgIpc) is 3.19. The standard InChI is InChI=1S/C19H18FN3O3/c1-26-14-5-6-16-15(10-14)19(17(24)22-16)7-8-23(11-19)18(25)21-13-4-2-3-12(20)9-13/h2-6,9-10H,7-8,11H2,1H3,(H,21,25)(H,22,24)/t19-/m0/s1. The number of halogens is 1. The van der Waals surface area contributed by atoms with E-state index in [0.717, 1.165) is 11.3 Å². The van der Waals surface area contributed by atoms with E-state index in [4.69, 9.17) is 4.74 Å². The van der Waals surface area contributed by atoms with Crippen molar-refractivity contribution in [3.8, 4) is 5.75 Å². The molecule has 3 amide bonds. The van der Waals surface area contributed by atoms with Gasteiger partial charge in [0.25, 0.3) is 0 Å². The minimum atomic E-state index is -0.775. The molecule has 1 atom stereocenters. The largest absolute Gasteiger partial charge is 0.497 e. The molecule has 4 rings (SSSR count). The summed E-state index contributed by atoms with van der Waals surface area (Å²) in [5.41, 5.74) is 1.21. The van der Waals surface area contributed by atoms with Crippen LogP contribution in [0.3, 0.4) is 0 Å². The van der Waals surface area contributed by atoms with E-state index >= 15 is 0 Å². The number of amides is 3. The maximum absolute atomic E-state index is 13.3. The van der Waals surface area contributed by atoms with Crippen molar-refractivity contribution >= 4 is 23.3 Å². The summed E-state index contributed by atoms with van der Waals surface area (Å²) in [7, 11) is 1.58. The molecular formula is C19H18FN3O3. The number of carbonyl (C=O) groups excluding carboxylic acids is 2. The molecular weight excluding hydrogens is 337 g/mol. The predicted octanol–water partition coefficient (Wildman–Crippen LogP) is 2.96. The topological polar surface area (TPSA) is 70.7 Å². The van der Waals surface area contributed by atoms with Crippen LogP contribution in [0.1, 0.15) is 12.0 Å². The highest BCUT2D eigenvalue weighted by Crippen LogP contribution is 2.45. The molecule has 2 aromatic rings. The van der Waals surface area contributed by atoms with Crippen LogP contribution in [0.5, 0.6) is 5.75 Å². The first-order valence-corrected chi connectivity index (χ1v) is 8.33. The molecule has 6 nitrogen and oxygen atoms in total. The Morgan fingerprint density at radius 1 is 1.31 bits per heavy atom. The lowest BCUT2D eigenvalue weighted by Gasteiger charge is -2.23. The number of nitrogens with zero attached hydrogens (tertiary/aromatic N) is 1. The first-order chi connectivity index (χ1) is 12.5. The van der Waals surface area contributed by atoms with Gasteiger partial charge in [-0.2, -0.15) is 0 Å². The maximum atomic E-state index is 13.3. The zero-order valence-corrected chi connectivity index (χ0v) is 14.2. The van der Waals surface area contributed by atoms with Crippen LogP contribution < -0.4 is 15.4 Å². The Labute approximate surface area is 149 Å². The Hall–Kier alpha value is -3.09. The van der Waals surface area contributed by atoms with E-state index < -0.39 is 11.2 Å². The molecule has 0 aromatic heterocycles. The van der Waals surface area contributed by atoms with Gasteiger partial charge in [-0.15, -0.1) is 0 Å². The number of likely N-dealkylation sites (tertiary alicyclic amines) is 1. The lowest BCUT2D eigenvalue weighted by atomic mass is 9.81. The molecule has 2 heterocycles. The molecule has 2 aliphatic rings. The van der Waals surface area contributed by atoms with Gasteiger partial charge in [-0.3, -0.25) is 4.79 Å². The molecule has 0 aliphatic carbocycles. The second-order valence-electron chi connectivity index (χ2n) is 6.56. The van der Waals surface area contributed by atoms with Crippen molar-refractivity contribution in [2.45, 2.75) is 11.8 Å². The van der Waals surface area contributed by atoms with Crippen LogP contribution in [0.25, 0.3) is 0 Å². The van der Waals surface area contributed by atoms with E-state index in [0.29, 0.717) is 24.4 Å². The lowest BCUT2D eigenvalue weighted by molar-refractivity contribution is -0.120. The minimum absolute atomic E-state index is 0.109. The molecule has 0 bridgehead atoms. The van der Waals surface area contributed by atoms with Crippen molar-refractivity contribution in [1.82, 2.24) is 4.90 Å². The second kappa shape index (κ2) is 6.01. The van der Waals surface area contributed by atoms with E-state index in [2.05, 4.69) is 10.6 Å². The zero-order chi connectivity index (χ0) is 18.3. The van der Waals surface area contributed by atoms with Gasteiger partial charge in [0, 0.05) is 24.5 Å². The highest BCUT2D eigenvalue weighted by Gasteiger charge is 2.52. The van der Waals surface area contributed by atoms with Crippen LogP contribution in [-0.2, 0) is 10.2 Å². The summed E-state index contributed by atoms with van der Waals surface area (Å²) in [6.07, 6.45) is 0.523. The van der Waals surface area contributed by atoms with Gasteiger partial charge in [0.2, 0.25) is 5.91 Å². The van der Waals surface area contributed by atoms with Crippen molar-refractivity contribution in [2.75, 3.05) is 30.8 Å². The highest BCUT2D eigenvalue weighted by atomic mass is 19.1. The van der Waals surface area contributed by atoms with Crippen LogP contribution >= 0.6 is 0 Å². The van der Waals surface area contributed by atoms with Gasteiger partial charge in [0.1, 0.15) is 11.6 Å². The quantitative estimate of drug-likeness (QED) is 0.870. The van der Waals surface area contributed by atoms with Crippen LogP contribution in [0, 0.1) is 5.82 Å². The molecule has 26 heavy (non-hydrogen) atoms. The second-order valence-corrected chi connectivity index (χ2v) is 6.56. The normalized spacial score (nSPS) is 20.8. The molecule has 1 saturated heterocycles. The van der Waals surface area contributed by atoms with Crippen molar-refractivity contribution in [3.63, 3.8) is 0 Å². The number of fused-ring (bicyclic) bond motifs is 2.